The number of benzene rings is 1. The van der Waals surface area contributed by atoms with Crippen LogP contribution in [0, 0.1) is 5.92 Å². The predicted octanol–water partition coefficient (Wildman–Crippen LogP) is 1.53. The molecule has 4 heteroatoms. The van der Waals surface area contributed by atoms with Crippen LogP contribution >= 0.6 is 11.6 Å². The number of nitrogens with one attached hydrogen (secondary N) is 1. The third-order valence-electron chi connectivity index (χ3n) is 3.88. The SMILES string of the molecule is C[C@@H]1CCC[NH+](C[C@H](O)COCc2ccc(Cl)cc2)C1. The molecule has 0 spiro atoms. The highest BCUT2D eigenvalue weighted by molar-refractivity contribution is 6.30. The Labute approximate surface area is 126 Å². The van der Waals surface area contributed by atoms with Gasteiger partial charge in [-0.1, -0.05) is 30.7 Å². The average Bonchev–Trinajstić information content (AvgIpc) is 2.41. The zero-order chi connectivity index (χ0) is 14.4. The van der Waals surface area contributed by atoms with Crippen LogP contribution in [0.15, 0.2) is 24.3 Å². The summed E-state index contributed by atoms with van der Waals surface area (Å²) in [6.45, 7) is 6.38. The van der Waals surface area contributed by atoms with Gasteiger partial charge < -0.3 is 14.7 Å². The Morgan fingerprint density at radius 1 is 1.40 bits per heavy atom. The average molecular weight is 299 g/mol. The van der Waals surface area contributed by atoms with Gasteiger partial charge >= 0.3 is 0 Å². The maximum atomic E-state index is 10.0. The van der Waals surface area contributed by atoms with Crippen molar-refractivity contribution in [3.63, 3.8) is 0 Å². The van der Waals surface area contributed by atoms with E-state index in [2.05, 4.69) is 6.92 Å². The van der Waals surface area contributed by atoms with E-state index in [9.17, 15) is 5.11 Å². The summed E-state index contributed by atoms with van der Waals surface area (Å²) < 4.78 is 5.58. The summed E-state index contributed by atoms with van der Waals surface area (Å²) in [6, 6.07) is 7.62. The smallest absolute Gasteiger partial charge is 0.126 e. The van der Waals surface area contributed by atoms with E-state index in [-0.39, 0.29) is 6.10 Å². The number of aliphatic hydroxyl groups is 1. The Bertz CT molecular complexity index is 396. The Morgan fingerprint density at radius 3 is 2.85 bits per heavy atom. The van der Waals surface area contributed by atoms with E-state index in [4.69, 9.17) is 16.3 Å². The van der Waals surface area contributed by atoms with Gasteiger partial charge in [0, 0.05) is 10.9 Å². The second kappa shape index (κ2) is 7.99. The van der Waals surface area contributed by atoms with Crippen LogP contribution in [0.25, 0.3) is 0 Å². The van der Waals surface area contributed by atoms with Gasteiger partial charge in [0.15, 0.2) is 0 Å². The number of hydrogen-bond donors (Lipinski definition) is 2. The van der Waals surface area contributed by atoms with E-state index >= 15 is 0 Å². The molecular weight excluding hydrogens is 274 g/mol. The van der Waals surface area contributed by atoms with E-state index in [1.54, 1.807) is 0 Å². The fourth-order valence-electron chi connectivity index (χ4n) is 2.87. The summed E-state index contributed by atoms with van der Waals surface area (Å²) >= 11 is 5.83. The van der Waals surface area contributed by atoms with Gasteiger partial charge in [0.25, 0.3) is 0 Å². The molecular formula is C16H25ClNO2+. The molecule has 0 aliphatic carbocycles. The number of halogens is 1. The number of rotatable bonds is 6. The molecule has 1 aromatic carbocycles. The first-order valence-electron chi connectivity index (χ1n) is 7.47. The summed E-state index contributed by atoms with van der Waals surface area (Å²) in [7, 11) is 0. The summed E-state index contributed by atoms with van der Waals surface area (Å²) in [5.74, 6) is 0.779. The lowest BCUT2D eigenvalue weighted by Crippen LogP contribution is -3.14. The standard InChI is InChI=1S/C16H24ClNO2/c1-13-3-2-8-18(9-13)10-16(19)12-20-11-14-4-6-15(17)7-5-14/h4-7,13,16,19H,2-3,8-12H2,1H3/p+1/t13-,16+/m1/s1. The Hall–Kier alpha value is -0.610. The normalized spacial score (nSPS) is 24.6. The minimum atomic E-state index is -0.373. The topological polar surface area (TPSA) is 33.9 Å². The lowest BCUT2D eigenvalue weighted by molar-refractivity contribution is -0.911. The molecule has 1 heterocycles. The summed E-state index contributed by atoms with van der Waals surface area (Å²) in [5, 5.41) is 10.8. The number of ether oxygens (including phenoxy) is 1. The monoisotopic (exact) mass is 298 g/mol. The molecule has 2 rings (SSSR count). The van der Waals surface area contributed by atoms with Crippen LogP contribution in [0.4, 0.5) is 0 Å². The van der Waals surface area contributed by atoms with E-state index < -0.39 is 0 Å². The first-order valence-corrected chi connectivity index (χ1v) is 7.85. The zero-order valence-electron chi connectivity index (χ0n) is 12.1. The number of aliphatic hydroxyl groups excluding tert-OH is 1. The molecule has 0 radical (unpaired) electrons. The summed E-state index contributed by atoms with van der Waals surface area (Å²) in [6.07, 6.45) is 2.23. The van der Waals surface area contributed by atoms with Crippen molar-refractivity contribution in [2.45, 2.75) is 32.5 Å². The van der Waals surface area contributed by atoms with Crippen LogP contribution in [-0.4, -0.2) is 37.5 Å². The van der Waals surface area contributed by atoms with E-state index in [1.165, 1.54) is 30.8 Å². The lowest BCUT2D eigenvalue weighted by atomic mass is 10.0. The van der Waals surface area contributed by atoms with Gasteiger partial charge in [0.05, 0.1) is 26.3 Å². The molecule has 1 saturated heterocycles. The molecule has 3 atom stereocenters. The molecule has 0 aromatic heterocycles. The van der Waals surface area contributed by atoms with Crippen molar-refractivity contribution in [1.82, 2.24) is 0 Å². The fraction of sp³-hybridized carbons (Fsp3) is 0.625. The third-order valence-corrected chi connectivity index (χ3v) is 4.13. The van der Waals surface area contributed by atoms with Gasteiger partial charge in [-0.3, -0.25) is 0 Å². The van der Waals surface area contributed by atoms with Gasteiger partial charge in [-0.25, -0.2) is 0 Å². The summed E-state index contributed by atoms with van der Waals surface area (Å²) in [5.41, 5.74) is 1.08. The number of hydrogen-bond acceptors (Lipinski definition) is 2. The molecule has 3 nitrogen and oxygen atoms in total. The maximum absolute atomic E-state index is 10.0. The van der Waals surface area contributed by atoms with Gasteiger partial charge in [-0.2, -0.15) is 0 Å². The minimum absolute atomic E-state index is 0.373. The highest BCUT2D eigenvalue weighted by atomic mass is 35.5. The van der Waals surface area contributed by atoms with Gasteiger partial charge in [0.1, 0.15) is 12.6 Å². The van der Waals surface area contributed by atoms with Crippen molar-refractivity contribution in [1.29, 1.82) is 0 Å². The van der Waals surface area contributed by atoms with Crippen LogP contribution in [0.1, 0.15) is 25.3 Å². The van der Waals surface area contributed by atoms with Crippen molar-refractivity contribution in [2.24, 2.45) is 5.92 Å². The predicted molar refractivity (Wildman–Crippen MR) is 81.1 cm³/mol. The number of piperidine rings is 1. The van der Waals surface area contributed by atoms with E-state index in [0.717, 1.165) is 23.0 Å². The molecule has 0 amide bonds. The third kappa shape index (κ3) is 5.41. The van der Waals surface area contributed by atoms with Crippen LogP contribution in [0.5, 0.6) is 0 Å². The molecule has 0 bridgehead atoms. The largest absolute Gasteiger partial charge is 0.385 e. The Balaban J connectivity index is 1.64. The molecule has 1 aliphatic rings. The number of likely N-dealkylation sites (tertiary alicyclic amines) is 1. The molecule has 2 N–H and O–H groups in total. The second-order valence-corrected chi connectivity index (χ2v) is 6.39. The van der Waals surface area contributed by atoms with Crippen LogP contribution in [-0.2, 0) is 11.3 Å². The first kappa shape index (κ1) is 15.8. The zero-order valence-corrected chi connectivity index (χ0v) is 12.9. The molecule has 112 valence electrons. The molecule has 1 aliphatic heterocycles. The van der Waals surface area contributed by atoms with E-state index in [1.807, 2.05) is 24.3 Å². The molecule has 0 saturated carbocycles. The van der Waals surface area contributed by atoms with Crippen molar-refractivity contribution in [3.05, 3.63) is 34.9 Å². The Morgan fingerprint density at radius 2 is 2.15 bits per heavy atom. The Kier molecular flexibility index (Phi) is 6.30. The second-order valence-electron chi connectivity index (χ2n) is 5.95. The minimum Gasteiger partial charge on any atom is -0.385 e. The highest BCUT2D eigenvalue weighted by Crippen LogP contribution is 2.10. The van der Waals surface area contributed by atoms with Crippen LogP contribution < -0.4 is 4.90 Å². The fourth-order valence-corrected chi connectivity index (χ4v) is 2.99. The molecule has 20 heavy (non-hydrogen) atoms. The molecule has 1 unspecified atom stereocenters. The summed E-state index contributed by atoms with van der Waals surface area (Å²) in [4.78, 5) is 1.51. The first-order chi connectivity index (χ1) is 9.63. The quantitative estimate of drug-likeness (QED) is 0.835. The van der Waals surface area contributed by atoms with E-state index in [0.29, 0.717) is 13.2 Å². The van der Waals surface area contributed by atoms with Crippen molar-refractivity contribution in [3.8, 4) is 0 Å². The van der Waals surface area contributed by atoms with Crippen molar-refractivity contribution >= 4 is 11.6 Å². The maximum Gasteiger partial charge on any atom is 0.126 e. The van der Waals surface area contributed by atoms with Crippen molar-refractivity contribution < 1.29 is 14.7 Å². The molecule has 1 fully saturated rings. The number of quaternary nitrogens is 1. The van der Waals surface area contributed by atoms with Gasteiger partial charge in [-0.15, -0.1) is 0 Å². The molecule has 1 aromatic rings. The van der Waals surface area contributed by atoms with Crippen LogP contribution in [0.3, 0.4) is 0 Å². The van der Waals surface area contributed by atoms with Crippen molar-refractivity contribution in [2.75, 3.05) is 26.2 Å². The van der Waals surface area contributed by atoms with Gasteiger partial charge in [-0.05, 0) is 30.5 Å². The van der Waals surface area contributed by atoms with Crippen LogP contribution in [0.2, 0.25) is 5.02 Å². The van der Waals surface area contributed by atoms with Gasteiger partial charge in [0.2, 0.25) is 0 Å². The highest BCUT2D eigenvalue weighted by Gasteiger charge is 2.22. The lowest BCUT2D eigenvalue weighted by Gasteiger charge is -2.29.